The molecule has 1 aliphatic rings. The van der Waals surface area contributed by atoms with Gasteiger partial charge in [-0.05, 0) is 54.2 Å². The lowest BCUT2D eigenvalue weighted by Crippen LogP contribution is -2.54. The second-order valence-electron chi connectivity index (χ2n) is 10.5. The number of likely N-dealkylation sites (tertiary alicyclic amines) is 1. The molecule has 2 amide bonds. The first-order valence-electron chi connectivity index (χ1n) is 14.4. The van der Waals surface area contributed by atoms with Crippen molar-refractivity contribution in [2.75, 3.05) is 12.7 Å². The molecule has 204 valence electrons. The van der Waals surface area contributed by atoms with Crippen LogP contribution in [-0.4, -0.2) is 29.7 Å². The van der Waals surface area contributed by atoms with E-state index in [9.17, 15) is 4.79 Å². The molecule has 41 heavy (non-hydrogen) atoms. The van der Waals surface area contributed by atoms with Gasteiger partial charge in [0, 0.05) is 12.6 Å². The van der Waals surface area contributed by atoms with E-state index in [4.69, 9.17) is 0 Å². The molecule has 0 aromatic heterocycles. The molecular formula is C37H35N2OP. The Morgan fingerprint density at radius 1 is 0.634 bits per heavy atom. The van der Waals surface area contributed by atoms with Crippen molar-refractivity contribution in [3.8, 4) is 0 Å². The number of carbonyl (C=O) groups excluding carboxylic acids is 1. The van der Waals surface area contributed by atoms with Gasteiger partial charge in [0.15, 0.2) is 0 Å². The minimum Gasteiger partial charge on any atom is -0.321 e. The predicted octanol–water partition coefficient (Wildman–Crippen LogP) is 7.29. The van der Waals surface area contributed by atoms with Gasteiger partial charge in [0.05, 0.1) is 0 Å². The fourth-order valence-corrected chi connectivity index (χ4v) is 8.68. The molecular weight excluding hydrogens is 519 g/mol. The molecule has 1 N–H and O–H groups in total. The molecule has 0 radical (unpaired) electrons. The average Bonchev–Trinajstić information content (AvgIpc) is 3.53. The maximum Gasteiger partial charge on any atom is 0.318 e. The van der Waals surface area contributed by atoms with E-state index in [2.05, 4.69) is 107 Å². The maximum atomic E-state index is 14.5. The smallest absolute Gasteiger partial charge is 0.318 e. The fourth-order valence-electron chi connectivity index (χ4n) is 6.09. The van der Waals surface area contributed by atoms with Gasteiger partial charge in [-0.15, -0.1) is 0 Å². The molecule has 0 spiro atoms. The Balaban J connectivity index is 1.37. The Morgan fingerprint density at radius 2 is 1.02 bits per heavy atom. The summed E-state index contributed by atoms with van der Waals surface area (Å²) in [7, 11) is -0.600. The highest BCUT2D eigenvalue weighted by atomic mass is 31.1. The highest BCUT2D eigenvalue weighted by Gasteiger charge is 2.41. The molecule has 1 atom stereocenters. The molecule has 1 fully saturated rings. The molecule has 1 saturated heterocycles. The number of amides is 2. The van der Waals surface area contributed by atoms with E-state index in [0.29, 0.717) is 0 Å². The first-order valence-corrected chi connectivity index (χ1v) is 15.9. The van der Waals surface area contributed by atoms with Gasteiger partial charge in [-0.3, -0.25) is 0 Å². The van der Waals surface area contributed by atoms with Crippen LogP contribution in [0.5, 0.6) is 0 Å². The summed E-state index contributed by atoms with van der Waals surface area (Å²) in [6.07, 6.45) is 2.98. The monoisotopic (exact) mass is 554 g/mol. The molecule has 5 aromatic carbocycles. The number of urea groups is 1. The van der Waals surface area contributed by atoms with E-state index >= 15 is 0 Å². The van der Waals surface area contributed by atoms with Crippen LogP contribution in [0.2, 0.25) is 0 Å². The summed E-state index contributed by atoms with van der Waals surface area (Å²) in [6.45, 7) is 0.762. The summed E-state index contributed by atoms with van der Waals surface area (Å²) in [5.41, 5.74) is 2.30. The first-order chi connectivity index (χ1) is 20.3. The van der Waals surface area contributed by atoms with Gasteiger partial charge in [-0.25, -0.2) is 4.79 Å². The zero-order valence-corrected chi connectivity index (χ0v) is 24.0. The topological polar surface area (TPSA) is 32.3 Å². The zero-order valence-electron chi connectivity index (χ0n) is 23.1. The lowest BCUT2D eigenvalue weighted by Gasteiger charge is -2.39. The lowest BCUT2D eigenvalue weighted by molar-refractivity contribution is 0.189. The number of rotatable bonds is 8. The molecule has 1 aliphatic heterocycles. The third kappa shape index (κ3) is 5.69. The van der Waals surface area contributed by atoms with Crippen LogP contribution >= 0.6 is 7.92 Å². The Hall–Kier alpha value is -4.20. The van der Waals surface area contributed by atoms with Crippen molar-refractivity contribution in [1.29, 1.82) is 0 Å². The van der Waals surface area contributed by atoms with Crippen molar-refractivity contribution < 1.29 is 4.79 Å². The molecule has 5 aromatic rings. The molecule has 0 unspecified atom stereocenters. The standard InChI is InChI=1S/C37H35N2OP/c40-36(39-28-16-23-33(39)29-41(34-24-12-4-13-25-34)35-26-14-5-15-27-35)38-37(30-17-6-1-7-18-30,31-19-8-2-9-20-31)32-21-10-3-11-22-32/h1-15,17-22,24-27,33H,16,23,28-29H2,(H,38,40)/t33-/m0/s1. The third-order valence-corrected chi connectivity index (χ3v) is 10.7. The molecule has 6 rings (SSSR count). The minimum absolute atomic E-state index is 0.0138. The normalized spacial score (nSPS) is 15.1. The molecule has 0 saturated carbocycles. The van der Waals surface area contributed by atoms with Gasteiger partial charge >= 0.3 is 6.03 Å². The van der Waals surface area contributed by atoms with Crippen LogP contribution in [0.15, 0.2) is 152 Å². The molecule has 4 heteroatoms. The number of benzene rings is 5. The summed E-state index contributed by atoms with van der Waals surface area (Å²) >= 11 is 0. The second kappa shape index (κ2) is 12.5. The van der Waals surface area contributed by atoms with E-state index in [0.717, 1.165) is 42.2 Å². The second-order valence-corrected chi connectivity index (χ2v) is 12.8. The van der Waals surface area contributed by atoms with Crippen LogP contribution in [-0.2, 0) is 5.54 Å². The maximum absolute atomic E-state index is 14.5. The van der Waals surface area contributed by atoms with E-state index in [1.807, 2.05) is 54.6 Å². The molecule has 0 bridgehead atoms. The van der Waals surface area contributed by atoms with E-state index in [1.165, 1.54) is 10.6 Å². The Morgan fingerprint density at radius 3 is 1.44 bits per heavy atom. The van der Waals surface area contributed by atoms with Crippen LogP contribution in [0.4, 0.5) is 4.79 Å². The van der Waals surface area contributed by atoms with Gasteiger partial charge < -0.3 is 10.2 Å². The van der Waals surface area contributed by atoms with Gasteiger partial charge in [-0.1, -0.05) is 152 Å². The van der Waals surface area contributed by atoms with Gasteiger partial charge in [0.25, 0.3) is 0 Å². The summed E-state index contributed by atoms with van der Waals surface area (Å²) in [4.78, 5) is 16.6. The molecule has 1 heterocycles. The molecule has 3 nitrogen and oxygen atoms in total. The van der Waals surface area contributed by atoms with Crippen LogP contribution in [0.3, 0.4) is 0 Å². The Labute approximate surface area is 244 Å². The van der Waals surface area contributed by atoms with Crippen LogP contribution in [0.1, 0.15) is 29.5 Å². The van der Waals surface area contributed by atoms with Crippen molar-refractivity contribution in [2.24, 2.45) is 0 Å². The Bertz CT molecular complexity index is 1390. The summed E-state index contributed by atoms with van der Waals surface area (Å²) in [5, 5.41) is 6.31. The van der Waals surface area contributed by atoms with Gasteiger partial charge in [-0.2, -0.15) is 0 Å². The van der Waals surface area contributed by atoms with E-state index in [1.54, 1.807) is 0 Å². The van der Waals surface area contributed by atoms with Crippen LogP contribution in [0, 0.1) is 0 Å². The third-order valence-electron chi connectivity index (χ3n) is 8.08. The minimum atomic E-state index is -0.822. The first kappa shape index (κ1) is 27.0. The SMILES string of the molecule is O=C(NC(c1ccccc1)(c1ccccc1)c1ccccc1)N1CCC[C@H]1CP(c1ccccc1)c1ccccc1. The van der Waals surface area contributed by atoms with Crippen molar-refractivity contribution >= 4 is 24.6 Å². The van der Waals surface area contributed by atoms with Crippen molar-refractivity contribution in [3.63, 3.8) is 0 Å². The van der Waals surface area contributed by atoms with Crippen LogP contribution in [0.25, 0.3) is 0 Å². The van der Waals surface area contributed by atoms with Crippen molar-refractivity contribution in [3.05, 3.63) is 168 Å². The van der Waals surface area contributed by atoms with E-state index in [-0.39, 0.29) is 12.1 Å². The highest BCUT2D eigenvalue weighted by molar-refractivity contribution is 7.73. The number of hydrogen-bond acceptors (Lipinski definition) is 1. The largest absolute Gasteiger partial charge is 0.321 e. The summed E-state index contributed by atoms with van der Waals surface area (Å²) in [5.74, 6) is 0. The van der Waals surface area contributed by atoms with Crippen LogP contribution < -0.4 is 15.9 Å². The number of hydrogen-bond donors (Lipinski definition) is 1. The highest BCUT2D eigenvalue weighted by Crippen LogP contribution is 2.40. The Kier molecular flexibility index (Phi) is 8.26. The quantitative estimate of drug-likeness (QED) is 0.159. The van der Waals surface area contributed by atoms with Crippen molar-refractivity contribution in [1.82, 2.24) is 10.2 Å². The number of carbonyl (C=O) groups is 1. The lowest BCUT2D eigenvalue weighted by atomic mass is 9.77. The van der Waals surface area contributed by atoms with Gasteiger partial charge in [0.2, 0.25) is 0 Å². The fraction of sp³-hybridized carbons (Fsp3) is 0.162. The average molecular weight is 555 g/mol. The predicted molar refractivity (Wildman–Crippen MR) is 171 cm³/mol. The number of nitrogens with one attached hydrogen (secondary N) is 1. The van der Waals surface area contributed by atoms with E-state index < -0.39 is 13.5 Å². The summed E-state index contributed by atoms with van der Waals surface area (Å²) in [6, 6.07) is 52.8. The van der Waals surface area contributed by atoms with Crippen molar-refractivity contribution in [2.45, 2.75) is 24.4 Å². The van der Waals surface area contributed by atoms with Gasteiger partial charge in [0.1, 0.15) is 5.54 Å². The number of nitrogens with zero attached hydrogens (tertiary/aromatic N) is 1. The molecule has 0 aliphatic carbocycles. The zero-order chi connectivity index (χ0) is 27.9. The summed E-state index contributed by atoms with van der Waals surface area (Å²) < 4.78 is 0.